The van der Waals surface area contributed by atoms with Crippen LogP contribution in [-0.2, 0) is 4.79 Å². The van der Waals surface area contributed by atoms with Crippen LogP contribution in [-0.4, -0.2) is 16.8 Å². The van der Waals surface area contributed by atoms with Crippen LogP contribution in [0, 0.1) is 9.39 Å². The fourth-order valence-corrected chi connectivity index (χ4v) is 3.61. The van der Waals surface area contributed by atoms with E-state index in [-0.39, 0.29) is 11.8 Å². The highest BCUT2D eigenvalue weighted by molar-refractivity contribution is 14.1. The molecule has 2 amide bonds. The van der Waals surface area contributed by atoms with Gasteiger partial charge in [-0.25, -0.2) is 9.37 Å². The van der Waals surface area contributed by atoms with Crippen LogP contribution in [0.3, 0.4) is 0 Å². The lowest BCUT2D eigenvalue weighted by atomic mass is 10.1. The first-order valence-electron chi connectivity index (χ1n) is 7.53. The van der Waals surface area contributed by atoms with E-state index in [1.807, 2.05) is 12.1 Å². The largest absolute Gasteiger partial charge is 0.326 e. The van der Waals surface area contributed by atoms with Crippen LogP contribution in [0.1, 0.15) is 17.3 Å². The SMILES string of the molecule is CC(=O)Nc1ccc(-c2csc(NC(=O)c3ccccc3I)n2)c(F)c1. The van der Waals surface area contributed by atoms with Gasteiger partial charge in [0, 0.05) is 27.1 Å². The van der Waals surface area contributed by atoms with E-state index in [0.29, 0.717) is 27.6 Å². The molecule has 0 saturated carbocycles. The Bertz CT molecular complexity index is 990. The van der Waals surface area contributed by atoms with Crippen molar-refractivity contribution in [2.75, 3.05) is 10.6 Å². The number of carbonyl (C=O) groups is 2. The highest BCUT2D eigenvalue weighted by Gasteiger charge is 2.14. The van der Waals surface area contributed by atoms with Gasteiger partial charge in [-0.15, -0.1) is 11.3 Å². The number of amides is 2. The van der Waals surface area contributed by atoms with Crippen molar-refractivity contribution in [1.29, 1.82) is 0 Å². The molecule has 2 aromatic carbocycles. The zero-order valence-corrected chi connectivity index (χ0v) is 16.5. The van der Waals surface area contributed by atoms with Gasteiger partial charge < -0.3 is 5.32 Å². The minimum absolute atomic E-state index is 0.266. The molecule has 2 N–H and O–H groups in total. The molecular weight excluding hydrogens is 468 g/mol. The fraction of sp³-hybridized carbons (Fsp3) is 0.0556. The van der Waals surface area contributed by atoms with Gasteiger partial charge in [0.05, 0.1) is 11.3 Å². The molecule has 0 aliphatic carbocycles. The van der Waals surface area contributed by atoms with Crippen molar-refractivity contribution in [3.63, 3.8) is 0 Å². The van der Waals surface area contributed by atoms with Gasteiger partial charge in [-0.2, -0.15) is 0 Å². The number of thiazole rings is 1. The molecule has 0 spiro atoms. The van der Waals surface area contributed by atoms with Gasteiger partial charge in [0.25, 0.3) is 5.91 Å². The van der Waals surface area contributed by atoms with Crippen molar-refractivity contribution in [2.24, 2.45) is 0 Å². The van der Waals surface area contributed by atoms with Gasteiger partial charge in [-0.05, 0) is 52.9 Å². The fourth-order valence-electron chi connectivity index (χ4n) is 2.27. The molecule has 3 rings (SSSR count). The van der Waals surface area contributed by atoms with Crippen molar-refractivity contribution in [1.82, 2.24) is 4.98 Å². The number of nitrogens with zero attached hydrogens (tertiary/aromatic N) is 1. The molecule has 1 aromatic heterocycles. The Balaban J connectivity index is 1.79. The van der Waals surface area contributed by atoms with E-state index in [4.69, 9.17) is 0 Å². The summed E-state index contributed by atoms with van der Waals surface area (Å²) < 4.78 is 15.1. The Labute approximate surface area is 166 Å². The lowest BCUT2D eigenvalue weighted by Crippen LogP contribution is -2.13. The van der Waals surface area contributed by atoms with Crippen LogP contribution in [0.5, 0.6) is 0 Å². The van der Waals surface area contributed by atoms with Gasteiger partial charge >= 0.3 is 0 Å². The third kappa shape index (κ3) is 4.25. The summed E-state index contributed by atoms with van der Waals surface area (Å²) in [6, 6.07) is 11.6. The summed E-state index contributed by atoms with van der Waals surface area (Å²) in [7, 11) is 0. The van der Waals surface area contributed by atoms with Gasteiger partial charge in [0.15, 0.2) is 5.13 Å². The van der Waals surface area contributed by atoms with E-state index in [1.54, 1.807) is 29.6 Å². The zero-order valence-electron chi connectivity index (χ0n) is 13.5. The van der Waals surface area contributed by atoms with E-state index in [2.05, 4.69) is 38.2 Å². The number of nitrogens with one attached hydrogen (secondary N) is 2. The van der Waals surface area contributed by atoms with E-state index >= 15 is 0 Å². The molecule has 0 unspecified atom stereocenters. The quantitative estimate of drug-likeness (QED) is 0.528. The average Bonchev–Trinajstić information content (AvgIpc) is 3.03. The van der Waals surface area contributed by atoms with Crippen LogP contribution < -0.4 is 10.6 Å². The summed E-state index contributed by atoms with van der Waals surface area (Å²) in [6.45, 7) is 1.36. The molecular formula is C18H13FIN3O2S. The second-order valence-electron chi connectivity index (χ2n) is 5.35. The third-order valence-corrected chi connectivity index (χ3v) is 5.11. The molecule has 0 saturated heterocycles. The summed E-state index contributed by atoms with van der Waals surface area (Å²) in [5, 5.41) is 7.31. The number of anilines is 2. The molecule has 0 atom stereocenters. The molecule has 5 nitrogen and oxygen atoms in total. The maximum absolute atomic E-state index is 14.3. The van der Waals surface area contributed by atoms with Crippen molar-refractivity contribution in [2.45, 2.75) is 6.92 Å². The lowest BCUT2D eigenvalue weighted by molar-refractivity contribution is -0.114. The van der Waals surface area contributed by atoms with Gasteiger partial charge in [0.1, 0.15) is 5.82 Å². The highest BCUT2D eigenvalue weighted by Crippen LogP contribution is 2.29. The lowest BCUT2D eigenvalue weighted by Gasteiger charge is -2.05. The number of rotatable bonds is 4. The summed E-state index contributed by atoms with van der Waals surface area (Å²) in [6.07, 6.45) is 0. The number of aromatic nitrogens is 1. The highest BCUT2D eigenvalue weighted by atomic mass is 127. The Morgan fingerprint density at radius 2 is 1.92 bits per heavy atom. The second kappa shape index (κ2) is 7.92. The number of halogens is 2. The zero-order chi connectivity index (χ0) is 18.7. The number of carbonyl (C=O) groups excluding carboxylic acids is 2. The first-order chi connectivity index (χ1) is 12.4. The van der Waals surface area contributed by atoms with Gasteiger partial charge in [-0.1, -0.05) is 12.1 Å². The van der Waals surface area contributed by atoms with Crippen molar-refractivity contribution in [3.8, 4) is 11.3 Å². The van der Waals surface area contributed by atoms with Crippen molar-refractivity contribution >= 4 is 56.6 Å². The molecule has 8 heteroatoms. The smallest absolute Gasteiger partial charge is 0.258 e. The normalized spacial score (nSPS) is 10.4. The number of hydrogen-bond donors (Lipinski definition) is 2. The average molecular weight is 481 g/mol. The first kappa shape index (κ1) is 18.5. The Hall–Kier alpha value is -2.33. The molecule has 0 radical (unpaired) electrons. The predicted molar refractivity (Wildman–Crippen MR) is 109 cm³/mol. The van der Waals surface area contributed by atoms with E-state index in [9.17, 15) is 14.0 Å². The van der Waals surface area contributed by atoms with E-state index in [0.717, 1.165) is 3.57 Å². The minimum Gasteiger partial charge on any atom is -0.326 e. The van der Waals surface area contributed by atoms with E-state index < -0.39 is 5.82 Å². The van der Waals surface area contributed by atoms with Gasteiger partial charge in [-0.3, -0.25) is 14.9 Å². The predicted octanol–water partition coefficient (Wildman–Crippen LogP) is 4.76. The Kier molecular flexibility index (Phi) is 5.62. The summed E-state index contributed by atoms with van der Waals surface area (Å²) in [5.74, 6) is -1.04. The minimum atomic E-state index is -0.503. The Morgan fingerprint density at radius 1 is 1.15 bits per heavy atom. The van der Waals surface area contributed by atoms with E-state index in [1.165, 1.54) is 24.3 Å². The van der Waals surface area contributed by atoms with Crippen LogP contribution in [0.25, 0.3) is 11.3 Å². The number of benzene rings is 2. The van der Waals surface area contributed by atoms with Crippen LogP contribution >= 0.6 is 33.9 Å². The maximum atomic E-state index is 14.3. The summed E-state index contributed by atoms with van der Waals surface area (Å²) in [4.78, 5) is 27.7. The molecule has 0 aliphatic heterocycles. The summed E-state index contributed by atoms with van der Waals surface area (Å²) >= 11 is 3.31. The maximum Gasteiger partial charge on any atom is 0.258 e. The van der Waals surface area contributed by atoms with Gasteiger partial charge in [0.2, 0.25) is 5.91 Å². The van der Waals surface area contributed by atoms with Crippen molar-refractivity contribution in [3.05, 3.63) is 62.8 Å². The molecule has 1 heterocycles. The number of hydrogen-bond acceptors (Lipinski definition) is 4. The molecule has 0 aliphatic rings. The molecule has 26 heavy (non-hydrogen) atoms. The van der Waals surface area contributed by atoms with Crippen LogP contribution in [0.2, 0.25) is 0 Å². The molecule has 0 fully saturated rings. The Morgan fingerprint density at radius 3 is 2.62 bits per heavy atom. The summed E-state index contributed by atoms with van der Waals surface area (Å²) in [5.41, 5.74) is 1.64. The molecule has 132 valence electrons. The monoisotopic (exact) mass is 481 g/mol. The first-order valence-corrected chi connectivity index (χ1v) is 9.49. The van der Waals surface area contributed by atoms with Crippen molar-refractivity contribution < 1.29 is 14.0 Å². The van der Waals surface area contributed by atoms with Crippen LogP contribution in [0.4, 0.5) is 15.2 Å². The standard InChI is InChI=1S/C18H13FIN3O2S/c1-10(24)21-11-6-7-12(14(19)8-11)16-9-26-18(22-16)23-17(25)13-4-2-3-5-15(13)20/h2-9H,1H3,(H,21,24)(H,22,23,25). The van der Waals surface area contributed by atoms with Crippen LogP contribution in [0.15, 0.2) is 47.8 Å². The molecule has 3 aromatic rings. The topological polar surface area (TPSA) is 71.1 Å². The second-order valence-corrected chi connectivity index (χ2v) is 7.37. The third-order valence-electron chi connectivity index (χ3n) is 3.41. The molecule has 0 bridgehead atoms.